The SMILES string of the molecule is CC(C)C1=C2C3CCC4C(C)(CCC5C(C)(C)C(C6=CCC(C(=O)OCc7ccccc7)CC6)=CCC54C)C3CCC2(NCCN2CCS(=O)(=O)CC2)C=C1OS(=O)(=O)C(F)(F)F. The molecule has 8 unspecified atom stereocenters. The molecule has 8 atom stereocenters. The van der Waals surface area contributed by atoms with Crippen molar-refractivity contribution in [1.29, 1.82) is 0 Å². The van der Waals surface area contributed by atoms with Gasteiger partial charge in [-0.2, -0.15) is 21.6 Å². The molecule has 1 aliphatic heterocycles. The standard InChI is InChI=1S/C49H67F3N2O7S2/c1-32(2)42-39(61-63(58,59)49(50,51)52)30-48(53-24-25-54-26-28-62(56,57)29-27-54)23-19-38-36(43(42)48)16-17-41-46(38,5)22-20-40-45(3,4)37(18-21-47(40,41)6)34-12-14-35(15-13-34)44(55)60-31-33-10-8-7-9-11-33/h7-12,18,30,32,35-36,38,40-41,53H,13-17,19-29,31H2,1-6H3. The lowest BCUT2D eigenvalue weighted by Crippen LogP contribution is -2.62. The lowest BCUT2D eigenvalue weighted by atomic mass is 9.37. The van der Waals surface area contributed by atoms with Crippen LogP contribution in [0.3, 0.4) is 0 Å². The zero-order valence-corrected chi connectivity index (χ0v) is 39.5. The molecule has 3 saturated carbocycles. The summed E-state index contributed by atoms with van der Waals surface area (Å²) >= 11 is 0. The van der Waals surface area contributed by atoms with Gasteiger partial charge in [0.05, 0.1) is 23.0 Å². The van der Waals surface area contributed by atoms with Gasteiger partial charge in [0.25, 0.3) is 0 Å². The van der Waals surface area contributed by atoms with Crippen molar-refractivity contribution in [2.75, 3.05) is 37.7 Å². The highest BCUT2D eigenvalue weighted by molar-refractivity contribution is 7.91. The van der Waals surface area contributed by atoms with Gasteiger partial charge in [-0.05, 0) is 144 Å². The number of carbonyl (C=O) groups excluding carboxylic acids is 1. The first-order valence-electron chi connectivity index (χ1n) is 23.3. The molecule has 7 aliphatic rings. The molecule has 0 aromatic heterocycles. The fourth-order valence-corrected chi connectivity index (χ4v) is 16.0. The lowest BCUT2D eigenvalue weighted by Gasteiger charge is -2.68. The van der Waals surface area contributed by atoms with E-state index in [1.54, 1.807) is 6.08 Å². The van der Waals surface area contributed by atoms with Crippen molar-refractivity contribution in [1.82, 2.24) is 10.2 Å². The highest BCUT2D eigenvalue weighted by Crippen LogP contribution is 2.72. The first kappa shape index (κ1) is 46.6. The summed E-state index contributed by atoms with van der Waals surface area (Å²) in [5.41, 5.74) is -1.23. The highest BCUT2D eigenvalue weighted by Gasteiger charge is 2.65. The van der Waals surface area contributed by atoms with Crippen LogP contribution in [0.15, 0.2) is 76.6 Å². The molecule has 1 saturated heterocycles. The number of rotatable bonds is 11. The number of ether oxygens (including phenoxy) is 1. The van der Waals surface area contributed by atoms with Gasteiger partial charge in [-0.1, -0.05) is 84.0 Å². The summed E-state index contributed by atoms with van der Waals surface area (Å²) in [6.07, 6.45) is 15.0. The molecule has 0 amide bonds. The monoisotopic (exact) mass is 916 g/mol. The second kappa shape index (κ2) is 16.7. The van der Waals surface area contributed by atoms with E-state index in [9.17, 15) is 34.8 Å². The summed E-state index contributed by atoms with van der Waals surface area (Å²) in [5, 5.41) is 3.72. The zero-order valence-electron chi connectivity index (χ0n) is 37.9. The molecule has 9 nitrogen and oxygen atoms in total. The molecule has 4 fully saturated rings. The van der Waals surface area contributed by atoms with E-state index in [2.05, 4.69) is 50.1 Å². The largest absolute Gasteiger partial charge is 0.534 e. The minimum Gasteiger partial charge on any atom is -0.461 e. The molecule has 1 N–H and O–H groups in total. The lowest BCUT2D eigenvalue weighted by molar-refractivity contribution is -0.156. The maximum atomic E-state index is 13.9. The molecule has 14 heteroatoms. The molecule has 63 heavy (non-hydrogen) atoms. The van der Waals surface area contributed by atoms with Crippen molar-refractivity contribution in [3.8, 4) is 0 Å². The van der Waals surface area contributed by atoms with Gasteiger partial charge in [-0.25, -0.2) is 8.42 Å². The van der Waals surface area contributed by atoms with Crippen LogP contribution in [-0.2, 0) is 40.3 Å². The van der Waals surface area contributed by atoms with Gasteiger partial charge in [0.1, 0.15) is 12.4 Å². The predicted octanol–water partition coefficient (Wildman–Crippen LogP) is 9.45. The van der Waals surface area contributed by atoms with E-state index < -0.39 is 31.0 Å². The van der Waals surface area contributed by atoms with Crippen molar-refractivity contribution in [2.45, 2.75) is 123 Å². The molecule has 8 rings (SSSR count). The summed E-state index contributed by atoms with van der Waals surface area (Å²) in [6.45, 7) is 15.8. The molecule has 0 spiro atoms. The molecular formula is C49H67F3N2O7S2. The summed E-state index contributed by atoms with van der Waals surface area (Å²) in [5.74, 6) is 0.544. The average Bonchev–Trinajstić information content (AvgIpc) is 3.54. The van der Waals surface area contributed by atoms with Crippen LogP contribution >= 0.6 is 0 Å². The number of benzene rings is 1. The molecule has 348 valence electrons. The van der Waals surface area contributed by atoms with E-state index in [0.717, 1.165) is 62.5 Å². The van der Waals surface area contributed by atoms with Gasteiger partial charge in [0, 0.05) is 26.2 Å². The molecule has 1 aromatic rings. The molecule has 6 aliphatic carbocycles. The number of nitrogens with one attached hydrogen (secondary N) is 1. The third kappa shape index (κ3) is 8.43. The van der Waals surface area contributed by atoms with Crippen molar-refractivity contribution >= 4 is 25.9 Å². The van der Waals surface area contributed by atoms with Gasteiger partial charge in [0.15, 0.2) is 9.84 Å². The van der Waals surface area contributed by atoms with Gasteiger partial charge in [0.2, 0.25) is 0 Å². The molecule has 1 aromatic carbocycles. The van der Waals surface area contributed by atoms with E-state index in [1.807, 2.05) is 44.2 Å². The predicted molar refractivity (Wildman–Crippen MR) is 238 cm³/mol. The van der Waals surface area contributed by atoms with Gasteiger partial charge in [-0.3, -0.25) is 4.79 Å². The van der Waals surface area contributed by atoms with Crippen LogP contribution in [-0.4, -0.2) is 76.4 Å². The third-order valence-corrected chi connectivity index (χ3v) is 19.7. The van der Waals surface area contributed by atoms with Crippen LogP contribution in [0.4, 0.5) is 13.2 Å². The highest BCUT2D eigenvalue weighted by atomic mass is 32.2. The molecule has 1 heterocycles. The number of hydrogen-bond acceptors (Lipinski definition) is 9. The summed E-state index contributed by atoms with van der Waals surface area (Å²) in [7, 11) is -8.98. The van der Waals surface area contributed by atoms with E-state index in [1.165, 1.54) is 11.1 Å². The second-order valence-electron chi connectivity index (χ2n) is 21.2. The van der Waals surface area contributed by atoms with Crippen LogP contribution in [0.2, 0.25) is 0 Å². The summed E-state index contributed by atoms with van der Waals surface area (Å²) < 4.78 is 102. The number of esters is 1. The van der Waals surface area contributed by atoms with E-state index in [0.29, 0.717) is 56.4 Å². The van der Waals surface area contributed by atoms with E-state index in [-0.39, 0.29) is 69.8 Å². The van der Waals surface area contributed by atoms with Crippen LogP contribution in [0.1, 0.15) is 111 Å². The number of fused-ring (bicyclic) bond motifs is 7. The molecular weight excluding hydrogens is 850 g/mol. The minimum absolute atomic E-state index is 0.0247. The summed E-state index contributed by atoms with van der Waals surface area (Å²) in [4.78, 5) is 15.2. The third-order valence-electron chi connectivity index (χ3n) is 17.1. The Hall–Kier alpha value is -2.94. The van der Waals surface area contributed by atoms with Gasteiger partial charge in [-0.15, -0.1) is 0 Å². The molecule has 0 bridgehead atoms. The van der Waals surface area contributed by atoms with Gasteiger partial charge < -0.3 is 19.1 Å². The van der Waals surface area contributed by atoms with Crippen molar-refractivity contribution in [2.24, 2.45) is 51.8 Å². The normalized spacial score (nSPS) is 35.3. The van der Waals surface area contributed by atoms with Crippen LogP contribution < -0.4 is 5.32 Å². The Morgan fingerprint density at radius 3 is 2.30 bits per heavy atom. The van der Waals surface area contributed by atoms with Crippen molar-refractivity contribution in [3.63, 3.8) is 0 Å². The number of allylic oxidation sites excluding steroid dienone is 5. The fraction of sp³-hybridized carbons (Fsp3) is 0.694. The van der Waals surface area contributed by atoms with Gasteiger partial charge >= 0.3 is 21.6 Å². The maximum absolute atomic E-state index is 13.9. The smallest absolute Gasteiger partial charge is 0.461 e. The second-order valence-corrected chi connectivity index (χ2v) is 25.0. The number of hydrogen-bond donors (Lipinski definition) is 1. The Morgan fingerprint density at radius 1 is 0.937 bits per heavy atom. The van der Waals surface area contributed by atoms with Crippen molar-refractivity contribution < 1.29 is 43.7 Å². The number of carbonyl (C=O) groups is 1. The Kier molecular flexibility index (Phi) is 12.4. The van der Waals surface area contributed by atoms with Crippen molar-refractivity contribution in [3.05, 3.63) is 82.2 Å². The average molecular weight is 917 g/mol. The Morgan fingerprint density at radius 2 is 1.65 bits per heavy atom. The number of nitrogens with zero attached hydrogens (tertiary/aromatic N) is 1. The quantitative estimate of drug-likeness (QED) is 0.132. The Balaban J connectivity index is 1.04. The minimum atomic E-state index is -5.92. The fourth-order valence-electron chi connectivity index (χ4n) is 14.2. The number of sulfone groups is 1. The number of alkyl halides is 3. The van der Waals surface area contributed by atoms with E-state index >= 15 is 0 Å². The topological polar surface area (TPSA) is 119 Å². The summed E-state index contributed by atoms with van der Waals surface area (Å²) in [6, 6.07) is 9.78. The maximum Gasteiger partial charge on any atom is 0.534 e. The zero-order chi connectivity index (χ0) is 45.4. The molecule has 0 radical (unpaired) electrons. The first-order chi connectivity index (χ1) is 29.5. The van der Waals surface area contributed by atoms with Crippen LogP contribution in [0.5, 0.6) is 0 Å². The Labute approximate surface area is 373 Å². The number of halogens is 3. The first-order valence-corrected chi connectivity index (χ1v) is 26.5. The van der Waals surface area contributed by atoms with E-state index in [4.69, 9.17) is 8.92 Å². The Bertz CT molecular complexity index is 2290. The van der Waals surface area contributed by atoms with Crippen LogP contribution in [0, 0.1) is 51.8 Å². The van der Waals surface area contributed by atoms with Crippen LogP contribution in [0.25, 0.3) is 0 Å².